The van der Waals surface area contributed by atoms with Crippen LogP contribution in [0.1, 0.15) is 46.0 Å². The standard InChI is InChI=1S/C11H19N/c1-3-11(4-2)9-7-5-6-8-10-12/h5,7,11H,3-4,6,8-9H2,1-2H3/b7-5+. The van der Waals surface area contributed by atoms with E-state index in [1.807, 2.05) is 0 Å². The van der Waals surface area contributed by atoms with Gasteiger partial charge in [-0.25, -0.2) is 0 Å². The van der Waals surface area contributed by atoms with Crippen LogP contribution in [0.15, 0.2) is 12.2 Å². The fraction of sp³-hybridized carbons (Fsp3) is 0.727. The van der Waals surface area contributed by atoms with Gasteiger partial charge in [-0.05, 0) is 18.8 Å². The Bertz CT molecular complexity index is 149. The molecule has 0 fully saturated rings. The molecule has 1 nitrogen and oxygen atoms in total. The van der Waals surface area contributed by atoms with Gasteiger partial charge in [0.05, 0.1) is 6.07 Å². The quantitative estimate of drug-likeness (QED) is 0.435. The lowest BCUT2D eigenvalue weighted by atomic mass is 9.99. The van der Waals surface area contributed by atoms with Crippen molar-refractivity contribution in [3.05, 3.63) is 12.2 Å². The highest BCUT2D eigenvalue weighted by Crippen LogP contribution is 2.12. The van der Waals surface area contributed by atoms with E-state index in [0.29, 0.717) is 6.42 Å². The molecule has 0 aromatic heterocycles. The van der Waals surface area contributed by atoms with Crippen LogP contribution in [0.3, 0.4) is 0 Å². The minimum atomic E-state index is 0.652. The normalized spacial score (nSPS) is 10.8. The van der Waals surface area contributed by atoms with Crippen molar-refractivity contribution in [3.8, 4) is 6.07 Å². The van der Waals surface area contributed by atoms with E-state index < -0.39 is 0 Å². The molecule has 1 heteroatoms. The summed E-state index contributed by atoms with van der Waals surface area (Å²) in [6.45, 7) is 4.47. The third-order valence-corrected chi connectivity index (χ3v) is 2.21. The second-order valence-electron chi connectivity index (χ2n) is 3.09. The monoisotopic (exact) mass is 165 g/mol. The van der Waals surface area contributed by atoms with Crippen molar-refractivity contribution >= 4 is 0 Å². The van der Waals surface area contributed by atoms with Crippen LogP contribution in [0.4, 0.5) is 0 Å². The molecular formula is C11H19N. The predicted octanol–water partition coefficient (Wildman–Crippen LogP) is 3.67. The van der Waals surface area contributed by atoms with Crippen LogP contribution in [0.2, 0.25) is 0 Å². The van der Waals surface area contributed by atoms with Crippen LogP contribution in [-0.4, -0.2) is 0 Å². The Hall–Kier alpha value is -0.770. The Kier molecular flexibility index (Phi) is 7.79. The number of nitrogens with zero attached hydrogens (tertiary/aromatic N) is 1. The van der Waals surface area contributed by atoms with E-state index in [1.165, 1.54) is 19.3 Å². The van der Waals surface area contributed by atoms with Crippen molar-refractivity contribution in [1.82, 2.24) is 0 Å². The minimum Gasteiger partial charge on any atom is -0.198 e. The molecule has 0 saturated heterocycles. The predicted molar refractivity (Wildman–Crippen MR) is 52.7 cm³/mol. The smallest absolute Gasteiger partial charge is 0.0624 e. The molecule has 0 saturated carbocycles. The molecule has 0 aromatic rings. The molecule has 0 rings (SSSR count). The first-order valence-electron chi connectivity index (χ1n) is 4.87. The van der Waals surface area contributed by atoms with Gasteiger partial charge < -0.3 is 0 Å². The van der Waals surface area contributed by atoms with Gasteiger partial charge in [-0.2, -0.15) is 5.26 Å². The third kappa shape index (κ3) is 5.97. The summed E-state index contributed by atoms with van der Waals surface area (Å²) < 4.78 is 0. The zero-order valence-electron chi connectivity index (χ0n) is 8.21. The first kappa shape index (κ1) is 11.2. The molecule has 0 radical (unpaired) electrons. The van der Waals surface area contributed by atoms with E-state index in [0.717, 1.165) is 12.3 Å². The number of nitriles is 1. The van der Waals surface area contributed by atoms with Crippen LogP contribution in [0, 0.1) is 17.2 Å². The Morgan fingerprint density at radius 3 is 2.42 bits per heavy atom. The van der Waals surface area contributed by atoms with E-state index >= 15 is 0 Å². The molecule has 0 amide bonds. The fourth-order valence-electron chi connectivity index (χ4n) is 1.18. The van der Waals surface area contributed by atoms with Gasteiger partial charge in [0.25, 0.3) is 0 Å². The number of unbranched alkanes of at least 4 members (excludes halogenated alkanes) is 1. The molecule has 0 N–H and O–H groups in total. The van der Waals surface area contributed by atoms with E-state index in [2.05, 4.69) is 32.1 Å². The average Bonchev–Trinajstić information content (AvgIpc) is 2.11. The summed E-state index contributed by atoms with van der Waals surface area (Å²) in [7, 11) is 0. The zero-order chi connectivity index (χ0) is 9.23. The molecule has 0 aliphatic rings. The summed E-state index contributed by atoms with van der Waals surface area (Å²) in [6, 6.07) is 2.13. The lowest BCUT2D eigenvalue weighted by Gasteiger charge is -2.07. The number of hydrogen-bond donors (Lipinski definition) is 0. The van der Waals surface area contributed by atoms with Crippen LogP contribution >= 0.6 is 0 Å². The van der Waals surface area contributed by atoms with Crippen molar-refractivity contribution in [1.29, 1.82) is 5.26 Å². The summed E-state index contributed by atoms with van der Waals surface area (Å²) in [6.07, 6.45) is 9.61. The number of hydrogen-bond acceptors (Lipinski definition) is 1. The summed E-state index contributed by atoms with van der Waals surface area (Å²) in [4.78, 5) is 0. The minimum absolute atomic E-state index is 0.652. The Labute approximate surface area is 76.1 Å². The van der Waals surface area contributed by atoms with Gasteiger partial charge in [-0.15, -0.1) is 0 Å². The fourth-order valence-corrected chi connectivity index (χ4v) is 1.18. The van der Waals surface area contributed by atoms with Crippen molar-refractivity contribution in [2.45, 2.75) is 46.0 Å². The number of allylic oxidation sites excluding steroid dienone is 2. The Balaban J connectivity index is 3.39. The largest absolute Gasteiger partial charge is 0.198 e. The summed E-state index contributed by atoms with van der Waals surface area (Å²) in [5.74, 6) is 0.836. The van der Waals surface area contributed by atoms with Crippen molar-refractivity contribution in [2.75, 3.05) is 0 Å². The molecule has 12 heavy (non-hydrogen) atoms. The number of rotatable bonds is 6. The first-order valence-corrected chi connectivity index (χ1v) is 4.87. The van der Waals surface area contributed by atoms with Gasteiger partial charge in [-0.3, -0.25) is 0 Å². The van der Waals surface area contributed by atoms with Crippen LogP contribution < -0.4 is 0 Å². The molecule has 0 spiro atoms. The molecular weight excluding hydrogens is 146 g/mol. The molecule has 0 aromatic carbocycles. The average molecular weight is 165 g/mol. The zero-order valence-corrected chi connectivity index (χ0v) is 8.21. The highest BCUT2D eigenvalue weighted by Gasteiger charge is 1.98. The molecule has 0 aliphatic heterocycles. The SMILES string of the molecule is CCC(CC)C/C=C/CCC#N. The highest BCUT2D eigenvalue weighted by atomic mass is 14.2. The second kappa shape index (κ2) is 8.33. The van der Waals surface area contributed by atoms with E-state index in [-0.39, 0.29) is 0 Å². The van der Waals surface area contributed by atoms with Crippen molar-refractivity contribution < 1.29 is 0 Å². The van der Waals surface area contributed by atoms with Crippen LogP contribution in [0.25, 0.3) is 0 Å². The van der Waals surface area contributed by atoms with Gasteiger partial charge in [0.15, 0.2) is 0 Å². The van der Waals surface area contributed by atoms with E-state index in [1.54, 1.807) is 0 Å². The molecule has 0 heterocycles. The summed E-state index contributed by atoms with van der Waals surface area (Å²) in [5, 5.41) is 8.28. The second-order valence-corrected chi connectivity index (χ2v) is 3.09. The third-order valence-electron chi connectivity index (χ3n) is 2.21. The maximum Gasteiger partial charge on any atom is 0.0624 e. The van der Waals surface area contributed by atoms with Crippen LogP contribution in [0.5, 0.6) is 0 Å². The summed E-state index contributed by atoms with van der Waals surface area (Å²) >= 11 is 0. The molecule has 0 aliphatic carbocycles. The van der Waals surface area contributed by atoms with Crippen LogP contribution in [-0.2, 0) is 0 Å². The van der Waals surface area contributed by atoms with Gasteiger partial charge in [0, 0.05) is 6.42 Å². The van der Waals surface area contributed by atoms with Gasteiger partial charge in [-0.1, -0.05) is 38.8 Å². The highest BCUT2D eigenvalue weighted by molar-refractivity contribution is 4.86. The Morgan fingerprint density at radius 2 is 1.92 bits per heavy atom. The molecule has 0 atom stereocenters. The Morgan fingerprint density at radius 1 is 1.25 bits per heavy atom. The summed E-state index contributed by atoms with van der Waals surface area (Å²) in [5.41, 5.74) is 0. The van der Waals surface area contributed by atoms with Crippen molar-refractivity contribution in [3.63, 3.8) is 0 Å². The lowest BCUT2D eigenvalue weighted by molar-refractivity contribution is 0.499. The molecule has 68 valence electrons. The van der Waals surface area contributed by atoms with Gasteiger partial charge >= 0.3 is 0 Å². The topological polar surface area (TPSA) is 23.8 Å². The van der Waals surface area contributed by atoms with Gasteiger partial charge in [0.1, 0.15) is 0 Å². The van der Waals surface area contributed by atoms with Crippen molar-refractivity contribution in [2.24, 2.45) is 5.92 Å². The van der Waals surface area contributed by atoms with E-state index in [4.69, 9.17) is 5.26 Å². The van der Waals surface area contributed by atoms with E-state index in [9.17, 15) is 0 Å². The maximum atomic E-state index is 8.28. The maximum absolute atomic E-state index is 8.28. The first-order chi connectivity index (χ1) is 5.85. The van der Waals surface area contributed by atoms with Gasteiger partial charge in [0.2, 0.25) is 0 Å². The lowest BCUT2D eigenvalue weighted by Crippen LogP contribution is -1.93. The molecule has 0 unspecified atom stereocenters. The molecule has 0 bridgehead atoms.